The fraction of sp³-hybridized carbons (Fsp3) is 0.316. The Balaban J connectivity index is 2.08. The van der Waals surface area contributed by atoms with E-state index in [-0.39, 0.29) is 22.9 Å². The average Bonchev–Trinajstić information content (AvgIpc) is 2.91. The van der Waals surface area contributed by atoms with Gasteiger partial charge in [0.15, 0.2) is 0 Å². The van der Waals surface area contributed by atoms with Gasteiger partial charge in [0.1, 0.15) is 11.1 Å². The Bertz CT molecular complexity index is 838. The molecule has 6 heteroatoms. The molecule has 1 aliphatic heterocycles. The number of phenolic OH excluding ortho intramolecular Hbond substituents is 1. The lowest BCUT2D eigenvalue weighted by Gasteiger charge is -2.27. The molecule has 1 unspecified atom stereocenters. The molecule has 1 amide bonds. The highest BCUT2D eigenvalue weighted by Crippen LogP contribution is 2.45. The molecule has 132 valence electrons. The number of hydrogen-bond acceptors (Lipinski definition) is 3. The second-order valence-electron chi connectivity index (χ2n) is 6.45. The van der Waals surface area contributed by atoms with E-state index in [1.165, 1.54) is 0 Å². The molecule has 1 aliphatic rings. The zero-order valence-corrected chi connectivity index (χ0v) is 16.5. The van der Waals surface area contributed by atoms with E-state index >= 15 is 0 Å². The second-order valence-corrected chi connectivity index (χ2v) is 8.34. The van der Waals surface area contributed by atoms with Gasteiger partial charge in [-0.05, 0) is 53.8 Å². The molecule has 0 aliphatic carbocycles. The lowest BCUT2D eigenvalue weighted by molar-refractivity contribution is -0.115. The van der Waals surface area contributed by atoms with Crippen LogP contribution >= 0.6 is 35.0 Å². The number of anilines is 1. The van der Waals surface area contributed by atoms with Crippen LogP contribution in [0.3, 0.4) is 0 Å². The average molecular weight is 396 g/mol. The SMILES string of the molecule is Cc1cc(O)c(C(C)C)cc1N1C(=O)CSC1c1ccc(Cl)c(Cl)c1. The maximum Gasteiger partial charge on any atom is 0.238 e. The van der Waals surface area contributed by atoms with E-state index in [9.17, 15) is 9.90 Å². The number of nitrogens with zero attached hydrogens (tertiary/aromatic N) is 1. The predicted molar refractivity (Wildman–Crippen MR) is 106 cm³/mol. The molecule has 0 radical (unpaired) electrons. The zero-order chi connectivity index (χ0) is 18.3. The summed E-state index contributed by atoms with van der Waals surface area (Å²) in [5.41, 5.74) is 3.46. The minimum Gasteiger partial charge on any atom is -0.508 e. The van der Waals surface area contributed by atoms with E-state index in [1.54, 1.807) is 28.8 Å². The fourth-order valence-corrected chi connectivity index (χ4v) is 4.48. The Morgan fingerprint density at radius 2 is 1.92 bits per heavy atom. The summed E-state index contributed by atoms with van der Waals surface area (Å²) in [6, 6.07) is 9.11. The van der Waals surface area contributed by atoms with Crippen molar-refractivity contribution in [2.24, 2.45) is 0 Å². The number of aromatic hydroxyl groups is 1. The van der Waals surface area contributed by atoms with Crippen molar-refractivity contribution in [2.75, 3.05) is 10.7 Å². The van der Waals surface area contributed by atoms with Crippen LogP contribution in [0.15, 0.2) is 30.3 Å². The summed E-state index contributed by atoms with van der Waals surface area (Å²) in [7, 11) is 0. The summed E-state index contributed by atoms with van der Waals surface area (Å²) in [4.78, 5) is 14.4. The predicted octanol–water partition coefficient (Wildman–Crippen LogP) is 5.91. The first-order valence-corrected chi connectivity index (χ1v) is 9.82. The minimum atomic E-state index is -0.162. The Labute approximate surface area is 161 Å². The molecule has 3 rings (SSSR count). The number of thioether (sulfide) groups is 1. The summed E-state index contributed by atoms with van der Waals surface area (Å²) in [5.74, 6) is 0.877. The Morgan fingerprint density at radius 1 is 1.20 bits per heavy atom. The summed E-state index contributed by atoms with van der Waals surface area (Å²) in [5, 5.41) is 11.0. The molecule has 1 heterocycles. The molecule has 0 bridgehead atoms. The molecule has 1 atom stereocenters. The van der Waals surface area contributed by atoms with E-state index in [0.29, 0.717) is 15.8 Å². The van der Waals surface area contributed by atoms with Gasteiger partial charge in [0, 0.05) is 5.69 Å². The first-order chi connectivity index (χ1) is 11.8. The van der Waals surface area contributed by atoms with Crippen LogP contribution in [0, 0.1) is 6.92 Å². The van der Waals surface area contributed by atoms with Gasteiger partial charge >= 0.3 is 0 Å². The van der Waals surface area contributed by atoms with Gasteiger partial charge in [0.05, 0.1) is 15.8 Å². The number of benzene rings is 2. The Morgan fingerprint density at radius 3 is 2.56 bits per heavy atom. The van der Waals surface area contributed by atoms with E-state index in [1.807, 2.05) is 39.0 Å². The summed E-state index contributed by atoms with van der Waals surface area (Å²) < 4.78 is 0. The number of hydrogen-bond donors (Lipinski definition) is 1. The van der Waals surface area contributed by atoms with Crippen molar-refractivity contribution in [2.45, 2.75) is 32.1 Å². The van der Waals surface area contributed by atoms with Crippen LogP contribution < -0.4 is 4.90 Å². The number of rotatable bonds is 3. The molecular formula is C19H19Cl2NO2S. The maximum atomic E-state index is 12.6. The largest absolute Gasteiger partial charge is 0.508 e. The van der Waals surface area contributed by atoms with Crippen molar-refractivity contribution >= 4 is 46.6 Å². The van der Waals surface area contributed by atoms with Crippen molar-refractivity contribution in [1.29, 1.82) is 0 Å². The van der Waals surface area contributed by atoms with E-state index < -0.39 is 0 Å². The summed E-state index contributed by atoms with van der Waals surface area (Å²) in [6.07, 6.45) is 0. The molecule has 25 heavy (non-hydrogen) atoms. The van der Waals surface area contributed by atoms with Gasteiger partial charge in [-0.25, -0.2) is 0 Å². The molecule has 0 spiro atoms. The van der Waals surface area contributed by atoms with Crippen LogP contribution in [0.2, 0.25) is 10.0 Å². The summed E-state index contributed by atoms with van der Waals surface area (Å²) in [6.45, 7) is 5.94. The van der Waals surface area contributed by atoms with Crippen molar-refractivity contribution in [1.82, 2.24) is 0 Å². The number of halogens is 2. The van der Waals surface area contributed by atoms with Gasteiger partial charge in [-0.3, -0.25) is 9.69 Å². The molecule has 0 aromatic heterocycles. The lowest BCUT2D eigenvalue weighted by atomic mass is 9.98. The first-order valence-electron chi connectivity index (χ1n) is 8.01. The van der Waals surface area contributed by atoms with Crippen molar-refractivity contribution in [3.05, 3.63) is 57.1 Å². The molecule has 1 saturated heterocycles. The number of carbonyl (C=O) groups is 1. The van der Waals surface area contributed by atoms with Gasteiger partial charge in [0.2, 0.25) is 5.91 Å². The highest BCUT2D eigenvalue weighted by Gasteiger charge is 2.35. The smallest absolute Gasteiger partial charge is 0.238 e. The van der Waals surface area contributed by atoms with Crippen LogP contribution in [-0.4, -0.2) is 16.8 Å². The summed E-state index contributed by atoms with van der Waals surface area (Å²) >= 11 is 13.7. The molecule has 2 aromatic rings. The third-order valence-corrected chi connectivity index (χ3v) is 6.27. The third-order valence-electron chi connectivity index (χ3n) is 4.32. The topological polar surface area (TPSA) is 40.5 Å². The standard InChI is InChI=1S/C19H19Cl2NO2S/c1-10(2)13-8-16(11(3)6-17(13)23)22-18(24)9-25-19(22)12-4-5-14(20)15(21)7-12/h4-8,10,19,23H,9H2,1-3H3. The number of aryl methyl sites for hydroxylation is 1. The van der Waals surface area contributed by atoms with E-state index in [2.05, 4.69) is 0 Å². The Hall–Kier alpha value is -1.36. The van der Waals surface area contributed by atoms with Gasteiger partial charge in [0.25, 0.3) is 0 Å². The van der Waals surface area contributed by atoms with Gasteiger partial charge in [-0.15, -0.1) is 11.8 Å². The van der Waals surface area contributed by atoms with Crippen molar-refractivity contribution < 1.29 is 9.90 Å². The third kappa shape index (κ3) is 3.48. The molecule has 1 N–H and O–H groups in total. The molecule has 1 fully saturated rings. The van der Waals surface area contributed by atoms with Crippen LogP contribution in [0.25, 0.3) is 0 Å². The highest BCUT2D eigenvalue weighted by atomic mass is 35.5. The molecule has 2 aromatic carbocycles. The number of amides is 1. The maximum absolute atomic E-state index is 12.6. The van der Waals surface area contributed by atoms with Crippen molar-refractivity contribution in [3.8, 4) is 5.75 Å². The van der Waals surface area contributed by atoms with Gasteiger partial charge in [-0.1, -0.05) is 43.1 Å². The molecule has 0 saturated carbocycles. The minimum absolute atomic E-state index is 0.0459. The van der Waals surface area contributed by atoms with Crippen LogP contribution in [-0.2, 0) is 4.79 Å². The fourth-order valence-electron chi connectivity index (χ4n) is 3.02. The monoisotopic (exact) mass is 395 g/mol. The number of carbonyl (C=O) groups excluding carboxylic acids is 1. The molecular weight excluding hydrogens is 377 g/mol. The number of phenols is 1. The van der Waals surface area contributed by atoms with Crippen LogP contribution in [0.1, 0.15) is 41.8 Å². The zero-order valence-electron chi connectivity index (χ0n) is 14.2. The van der Waals surface area contributed by atoms with E-state index in [4.69, 9.17) is 23.2 Å². The highest BCUT2D eigenvalue weighted by molar-refractivity contribution is 8.00. The van der Waals surface area contributed by atoms with Gasteiger partial charge < -0.3 is 5.11 Å². The van der Waals surface area contributed by atoms with Crippen molar-refractivity contribution in [3.63, 3.8) is 0 Å². The first kappa shape index (κ1) is 18.4. The quantitative estimate of drug-likeness (QED) is 0.701. The van der Waals surface area contributed by atoms with Gasteiger partial charge in [-0.2, -0.15) is 0 Å². The second kappa shape index (κ2) is 7.10. The van der Waals surface area contributed by atoms with Crippen LogP contribution in [0.5, 0.6) is 5.75 Å². The lowest BCUT2D eigenvalue weighted by Crippen LogP contribution is -2.28. The normalized spacial score (nSPS) is 17.6. The van der Waals surface area contributed by atoms with E-state index in [0.717, 1.165) is 22.4 Å². The molecule has 3 nitrogen and oxygen atoms in total. The Kier molecular flexibility index (Phi) is 5.24. The van der Waals surface area contributed by atoms with Crippen LogP contribution in [0.4, 0.5) is 5.69 Å².